The van der Waals surface area contributed by atoms with Gasteiger partial charge < -0.3 is 20.1 Å². The van der Waals surface area contributed by atoms with Crippen molar-refractivity contribution in [3.63, 3.8) is 0 Å². The maximum absolute atomic E-state index is 11.5. The summed E-state index contributed by atoms with van der Waals surface area (Å²) in [6.07, 6.45) is 0. The SMILES string of the molecule is CCOc1ccc(OCC(=O)NCCNC(C)=O)cc1. The van der Waals surface area contributed by atoms with Gasteiger partial charge >= 0.3 is 0 Å². The van der Waals surface area contributed by atoms with E-state index in [4.69, 9.17) is 9.47 Å². The van der Waals surface area contributed by atoms with Gasteiger partial charge in [-0.2, -0.15) is 0 Å². The van der Waals surface area contributed by atoms with Crippen molar-refractivity contribution in [2.45, 2.75) is 13.8 Å². The maximum atomic E-state index is 11.5. The highest BCUT2D eigenvalue weighted by molar-refractivity contribution is 5.77. The molecule has 1 aromatic rings. The van der Waals surface area contributed by atoms with Crippen LogP contribution < -0.4 is 20.1 Å². The minimum absolute atomic E-state index is 0.0615. The standard InChI is InChI=1S/C14H20N2O4/c1-3-19-12-4-6-13(7-5-12)20-10-14(18)16-9-8-15-11(2)17/h4-7H,3,8-10H2,1-2H3,(H,15,17)(H,16,18). The lowest BCUT2D eigenvalue weighted by molar-refractivity contribution is -0.123. The summed E-state index contributed by atoms with van der Waals surface area (Å²) in [5.41, 5.74) is 0. The first kappa shape index (κ1) is 15.8. The van der Waals surface area contributed by atoms with Gasteiger partial charge in [0.2, 0.25) is 5.91 Å². The van der Waals surface area contributed by atoms with Gasteiger partial charge in [0.05, 0.1) is 6.61 Å². The number of carbonyl (C=O) groups is 2. The van der Waals surface area contributed by atoms with E-state index in [2.05, 4.69) is 10.6 Å². The maximum Gasteiger partial charge on any atom is 0.258 e. The van der Waals surface area contributed by atoms with Crippen LogP contribution in [0.4, 0.5) is 0 Å². The molecule has 0 aliphatic rings. The van der Waals surface area contributed by atoms with Crippen LogP contribution in [0.25, 0.3) is 0 Å². The first-order valence-electron chi connectivity index (χ1n) is 6.48. The highest BCUT2D eigenvalue weighted by Gasteiger charge is 2.02. The first-order chi connectivity index (χ1) is 9.61. The van der Waals surface area contributed by atoms with Crippen LogP contribution in [-0.4, -0.2) is 38.1 Å². The monoisotopic (exact) mass is 280 g/mol. The Kier molecular flexibility index (Phi) is 6.95. The first-order valence-corrected chi connectivity index (χ1v) is 6.48. The van der Waals surface area contributed by atoms with Crippen molar-refractivity contribution in [2.75, 3.05) is 26.3 Å². The number of amides is 2. The predicted molar refractivity (Wildman–Crippen MR) is 74.8 cm³/mol. The number of carbonyl (C=O) groups excluding carboxylic acids is 2. The zero-order chi connectivity index (χ0) is 14.8. The van der Waals surface area contributed by atoms with E-state index < -0.39 is 0 Å². The highest BCUT2D eigenvalue weighted by atomic mass is 16.5. The molecule has 0 radical (unpaired) electrons. The number of ether oxygens (including phenoxy) is 2. The summed E-state index contributed by atoms with van der Waals surface area (Å²) in [5.74, 6) is 1.01. The Morgan fingerprint density at radius 1 is 1.00 bits per heavy atom. The van der Waals surface area contributed by atoms with Crippen LogP contribution in [0.3, 0.4) is 0 Å². The smallest absolute Gasteiger partial charge is 0.258 e. The second kappa shape index (κ2) is 8.79. The van der Waals surface area contributed by atoms with Gasteiger partial charge in [-0.15, -0.1) is 0 Å². The van der Waals surface area contributed by atoms with Crippen LogP contribution >= 0.6 is 0 Å². The van der Waals surface area contributed by atoms with Gasteiger partial charge in [0.25, 0.3) is 5.91 Å². The molecular weight excluding hydrogens is 260 g/mol. The zero-order valence-corrected chi connectivity index (χ0v) is 11.8. The Balaban J connectivity index is 2.21. The largest absolute Gasteiger partial charge is 0.494 e. The molecule has 0 atom stereocenters. The highest BCUT2D eigenvalue weighted by Crippen LogP contribution is 2.17. The summed E-state index contributed by atoms with van der Waals surface area (Å²) in [4.78, 5) is 22.1. The molecule has 0 aliphatic carbocycles. The Morgan fingerprint density at radius 3 is 2.10 bits per heavy atom. The summed E-state index contributed by atoms with van der Waals surface area (Å²) in [6, 6.07) is 7.06. The average molecular weight is 280 g/mol. The normalized spacial score (nSPS) is 9.70. The molecule has 0 unspecified atom stereocenters. The molecule has 2 N–H and O–H groups in total. The van der Waals surface area contributed by atoms with Crippen molar-refractivity contribution in [3.05, 3.63) is 24.3 Å². The molecule has 1 aromatic carbocycles. The van der Waals surface area contributed by atoms with E-state index in [9.17, 15) is 9.59 Å². The van der Waals surface area contributed by atoms with Crippen molar-refractivity contribution in [3.8, 4) is 11.5 Å². The summed E-state index contributed by atoms with van der Waals surface area (Å²) < 4.78 is 10.6. The van der Waals surface area contributed by atoms with Gasteiger partial charge in [-0.25, -0.2) is 0 Å². The molecule has 1 rings (SSSR count). The van der Waals surface area contributed by atoms with Crippen molar-refractivity contribution < 1.29 is 19.1 Å². The lowest BCUT2D eigenvalue weighted by atomic mass is 10.3. The lowest BCUT2D eigenvalue weighted by Gasteiger charge is -2.08. The summed E-state index contributed by atoms with van der Waals surface area (Å²) >= 11 is 0. The molecule has 0 saturated heterocycles. The van der Waals surface area contributed by atoms with Crippen LogP contribution in [0.1, 0.15) is 13.8 Å². The van der Waals surface area contributed by atoms with Gasteiger partial charge in [0.1, 0.15) is 11.5 Å². The molecular formula is C14H20N2O4. The molecule has 6 nitrogen and oxygen atoms in total. The second-order valence-electron chi connectivity index (χ2n) is 4.03. The van der Waals surface area contributed by atoms with Crippen molar-refractivity contribution in [1.29, 1.82) is 0 Å². The third-order valence-corrected chi connectivity index (χ3v) is 2.33. The van der Waals surface area contributed by atoms with E-state index in [1.165, 1.54) is 6.92 Å². The minimum atomic E-state index is -0.232. The van der Waals surface area contributed by atoms with Crippen LogP contribution in [0.15, 0.2) is 24.3 Å². The Labute approximate surface area is 118 Å². The van der Waals surface area contributed by atoms with Crippen LogP contribution in [0, 0.1) is 0 Å². The summed E-state index contributed by atoms with van der Waals surface area (Å²) in [5, 5.41) is 5.22. The quantitative estimate of drug-likeness (QED) is 0.688. The fourth-order valence-corrected chi connectivity index (χ4v) is 1.44. The van der Waals surface area contributed by atoms with E-state index in [0.29, 0.717) is 25.4 Å². The molecule has 0 aliphatic heterocycles. The van der Waals surface area contributed by atoms with Crippen molar-refractivity contribution in [1.82, 2.24) is 10.6 Å². The van der Waals surface area contributed by atoms with E-state index >= 15 is 0 Å². The third kappa shape index (κ3) is 6.63. The zero-order valence-electron chi connectivity index (χ0n) is 11.8. The minimum Gasteiger partial charge on any atom is -0.494 e. The van der Waals surface area contributed by atoms with Crippen LogP contribution in [0.2, 0.25) is 0 Å². The molecule has 0 heterocycles. The van der Waals surface area contributed by atoms with Gasteiger partial charge in [0, 0.05) is 20.0 Å². The van der Waals surface area contributed by atoms with E-state index in [1.54, 1.807) is 24.3 Å². The van der Waals surface area contributed by atoms with Gasteiger partial charge in [0.15, 0.2) is 6.61 Å². The van der Waals surface area contributed by atoms with E-state index in [0.717, 1.165) is 5.75 Å². The van der Waals surface area contributed by atoms with Gasteiger partial charge in [-0.3, -0.25) is 9.59 Å². The molecule has 0 bridgehead atoms. The second-order valence-corrected chi connectivity index (χ2v) is 4.03. The van der Waals surface area contributed by atoms with Gasteiger partial charge in [-0.1, -0.05) is 0 Å². The predicted octanol–water partition coefficient (Wildman–Crippen LogP) is 0.716. The van der Waals surface area contributed by atoms with Crippen molar-refractivity contribution in [2.24, 2.45) is 0 Å². The number of benzene rings is 1. The third-order valence-electron chi connectivity index (χ3n) is 2.33. The fourth-order valence-electron chi connectivity index (χ4n) is 1.44. The lowest BCUT2D eigenvalue weighted by Crippen LogP contribution is -2.36. The molecule has 0 saturated carbocycles. The molecule has 6 heteroatoms. The molecule has 0 spiro atoms. The Morgan fingerprint density at radius 2 is 1.55 bits per heavy atom. The van der Waals surface area contributed by atoms with E-state index in [1.807, 2.05) is 6.92 Å². The van der Waals surface area contributed by atoms with Crippen molar-refractivity contribution >= 4 is 11.8 Å². The number of hydrogen-bond acceptors (Lipinski definition) is 4. The Bertz CT molecular complexity index is 431. The number of hydrogen-bond donors (Lipinski definition) is 2. The molecule has 0 fully saturated rings. The topological polar surface area (TPSA) is 76.7 Å². The van der Waals surface area contributed by atoms with Gasteiger partial charge in [-0.05, 0) is 31.2 Å². The van der Waals surface area contributed by atoms with Crippen LogP contribution in [-0.2, 0) is 9.59 Å². The number of rotatable bonds is 8. The Hall–Kier alpha value is -2.24. The van der Waals surface area contributed by atoms with Crippen LogP contribution in [0.5, 0.6) is 11.5 Å². The summed E-state index contributed by atoms with van der Waals surface area (Å²) in [7, 11) is 0. The molecule has 0 aromatic heterocycles. The molecule has 20 heavy (non-hydrogen) atoms. The fraction of sp³-hybridized carbons (Fsp3) is 0.429. The summed E-state index contributed by atoms with van der Waals surface area (Å²) in [6.45, 7) is 4.67. The molecule has 110 valence electrons. The van der Waals surface area contributed by atoms with E-state index in [-0.39, 0.29) is 18.4 Å². The average Bonchev–Trinajstić information content (AvgIpc) is 2.43. The molecule has 2 amide bonds. The number of nitrogens with one attached hydrogen (secondary N) is 2.